The summed E-state index contributed by atoms with van der Waals surface area (Å²) in [7, 11) is 0. The van der Waals surface area contributed by atoms with Crippen LogP contribution in [0.1, 0.15) is 48.0 Å². The maximum Gasteiger partial charge on any atom is 0.338 e. The number of hydrogen-bond acceptors (Lipinski definition) is 4. The number of carbonyl (C=O) groups excluding carboxylic acids is 1. The molecule has 3 rings (SSSR count). The van der Waals surface area contributed by atoms with Crippen LogP contribution in [0.15, 0.2) is 60.7 Å². The molecule has 0 bridgehead atoms. The average molecular weight is 439 g/mol. The Balaban J connectivity index is 1.61. The summed E-state index contributed by atoms with van der Waals surface area (Å²) in [6.45, 7) is 2.42. The van der Waals surface area contributed by atoms with Crippen molar-refractivity contribution in [2.75, 3.05) is 26.2 Å². The molecule has 1 fully saturated rings. The van der Waals surface area contributed by atoms with Gasteiger partial charge < -0.3 is 20.5 Å². The number of amides is 1. The fourth-order valence-electron chi connectivity index (χ4n) is 4.19. The van der Waals surface area contributed by atoms with E-state index >= 15 is 0 Å². The molecule has 6 heteroatoms. The molecule has 3 N–H and O–H groups in total. The van der Waals surface area contributed by atoms with E-state index in [2.05, 4.69) is 10.6 Å². The van der Waals surface area contributed by atoms with Crippen LogP contribution >= 0.6 is 0 Å². The van der Waals surface area contributed by atoms with E-state index in [1.165, 1.54) is 12.8 Å². The molecule has 0 aliphatic carbocycles. The van der Waals surface area contributed by atoms with Crippen molar-refractivity contribution in [3.8, 4) is 0 Å². The van der Waals surface area contributed by atoms with Crippen molar-refractivity contribution in [3.05, 3.63) is 71.8 Å². The summed E-state index contributed by atoms with van der Waals surface area (Å²) in [6.07, 6.45) is 5.57. The topological polar surface area (TPSA) is 87.7 Å². The van der Waals surface area contributed by atoms with E-state index in [-0.39, 0.29) is 18.9 Å². The molecular weight excluding hydrogens is 404 g/mol. The number of hydrogen-bond donors (Lipinski definition) is 3. The van der Waals surface area contributed by atoms with Crippen molar-refractivity contribution in [2.45, 2.75) is 44.1 Å². The van der Waals surface area contributed by atoms with E-state index in [1.54, 1.807) is 24.3 Å². The second-order valence-electron chi connectivity index (χ2n) is 8.55. The maximum atomic E-state index is 12.6. The third-order valence-electron chi connectivity index (χ3n) is 6.14. The molecule has 0 aromatic heterocycles. The number of rotatable bonds is 12. The molecule has 1 aliphatic rings. The van der Waals surface area contributed by atoms with Gasteiger partial charge in [0.05, 0.1) is 6.54 Å². The Morgan fingerprint density at radius 2 is 1.66 bits per heavy atom. The number of benzene rings is 2. The lowest BCUT2D eigenvalue weighted by Gasteiger charge is -2.30. The summed E-state index contributed by atoms with van der Waals surface area (Å²) in [4.78, 5) is 25.0. The van der Waals surface area contributed by atoms with Crippen LogP contribution in [-0.2, 0) is 16.0 Å². The Bertz CT molecular complexity index is 837. The second-order valence-corrected chi connectivity index (χ2v) is 8.55. The zero-order chi connectivity index (χ0) is 22.7. The molecule has 2 aromatic carbocycles. The van der Waals surface area contributed by atoms with Crippen molar-refractivity contribution >= 4 is 11.9 Å². The fourth-order valence-corrected chi connectivity index (χ4v) is 4.19. The van der Waals surface area contributed by atoms with Crippen LogP contribution in [0, 0.1) is 5.92 Å². The van der Waals surface area contributed by atoms with Crippen LogP contribution in [0.4, 0.5) is 0 Å². The Hall–Kier alpha value is -2.70. The molecule has 1 aliphatic heterocycles. The van der Waals surface area contributed by atoms with Gasteiger partial charge in [-0.25, -0.2) is 4.79 Å². The zero-order valence-corrected chi connectivity index (χ0v) is 18.6. The first kappa shape index (κ1) is 24.0. The molecule has 1 saturated heterocycles. The Kier molecular flexibility index (Phi) is 9.26. The normalized spacial score (nSPS) is 16.2. The third-order valence-corrected chi connectivity index (χ3v) is 6.14. The largest absolute Gasteiger partial charge is 0.479 e. The Labute approximate surface area is 190 Å². The quantitative estimate of drug-likeness (QED) is 0.440. The lowest BCUT2D eigenvalue weighted by molar-refractivity contribution is -0.165. The number of carboxylic acid groups (broad SMARTS) is 1. The fraction of sp³-hybridized carbons (Fsp3) is 0.462. The van der Waals surface area contributed by atoms with Crippen LogP contribution in [0.2, 0.25) is 0 Å². The van der Waals surface area contributed by atoms with Crippen molar-refractivity contribution in [3.63, 3.8) is 0 Å². The molecule has 1 heterocycles. The minimum absolute atomic E-state index is 0.0980. The minimum atomic E-state index is -1.51. The number of carboxylic acids is 1. The molecule has 1 amide bonds. The molecule has 32 heavy (non-hydrogen) atoms. The number of piperidine rings is 1. The lowest BCUT2D eigenvalue weighted by atomic mass is 9.92. The maximum absolute atomic E-state index is 12.6. The highest BCUT2D eigenvalue weighted by Crippen LogP contribution is 2.22. The van der Waals surface area contributed by atoms with E-state index in [1.807, 2.05) is 36.4 Å². The summed E-state index contributed by atoms with van der Waals surface area (Å²) in [5, 5.41) is 16.3. The number of unbranched alkanes of at least 4 members (excludes halogenated alkanes) is 1. The number of aliphatic carboxylic acids is 1. The van der Waals surface area contributed by atoms with Gasteiger partial charge in [0.25, 0.3) is 5.91 Å². The van der Waals surface area contributed by atoms with Crippen molar-refractivity contribution in [1.29, 1.82) is 0 Å². The Morgan fingerprint density at radius 3 is 2.31 bits per heavy atom. The molecule has 0 radical (unpaired) electrons. The molecule has 0 spiro atoms. The van der Waals surface area contributed by atoms with Crippen molar-refractivity contribution < 1.29 is 19.4 Å². The van der Waals surface area contributed by atoms with Gasteiger partial charge in [-0.2, -0.15) is 0 Å². The lowest BCUT2D eigenvalue weighted by Crippen LogP contribution is -2.53. The molecule has 1 unspecified atom stereocenters. The SMILES string of the molecule is O=C(NCC(Cc1ccccc1)(OCCCCC1CCNCC1)C(=O)O)c1ccccc1. The highest BCUT2D eigenvalue weighted by Gasteiger charge is 2.40. The molecular formula is C26H34N2O4. The molecule has 6 nitrogen and oxygen atoms in total. The number of ether oxygens (including phenoxy) is 1. The van der Waals surface area contributed by atoms with Gasteiger partial charge in [-0.3, -0.25) is 4.79 Å². The van der Waals surface area contributed by atoms with E-state index in [0.29, 0.717) is 12.2 Å². The van der Waals surface area contributed by atoms with E-state index in [9.17, 15) is 14.7 Å². The average Bonchev–Trinajstić information content (AvgIpc) is 2.83. The first-order chi connectivity index (χ1) is 15.6. The first-order valence-electron chi connectivity index (χ1n) is 11.5. The molecule has 1 atom stereocenters. The molecule has 172 valence electrons. The van der Waals surface area contributed by atoms with E-state index in [4.69, 9.17) is 4.74 Å². The smallest absolute Gasteiger partial charge is 0.338 e. The van der Waals surface area contributed by atoms with Crippen LogP contribution in [-0.4, -0.2) is 48.8 Å². The van der Waals surface area contributed by atoms with Gasteiger partial charge in [0.2, 0.25) is 0 Å². The second kappa shape index (κ2) is 12.4. The predicted octanol–water partition coefficient (Wildman–Crippen LogP) is 3.67. The highest BCUT2D eigenvalue weighted by atomic mass is 16.5. The van der Waals surface area contributed by atoms with E-state index < -0.39 is 11.6 Å². The standard InChI is InChI=1S/C26H34N2O4/c29-24(23-12-5-2-6-13-23)28-20-26(25(30)31,19-22-10-3-1-4-11-22)32-18-8-7-9-21-14-16-27-17-15-21/h1-6,10-13,21,27H,7-9,14-20H2,(H,28,29)(H,30,31). The van der Waals surface area contributed by atoms with Crippen LogP contribution in [0.25, 0.3) is 0 Å². The van der Waals surface area contributed by atoms with Crippen molar-refractivity contribution in [2.24, 2.45) is 5.92 Å². The summed E-state index contributed by atoms with van der Waals surface area (Å²) in [5.41, 5.74) is -0.160. The van der Waals surface area contributed by atoms with Crippen LogP contribution in [0.3, 0.4) is 0 Å². The molecule has 2 aromatic rings. The zero-order valence-electron chi connectivity index (χ0n) is 18.6. The third kappa shape index (κ3) is 7.18. The number of carbonyl (C=O) groups is 2. The van der Waals surface area contributed by atoms with Crippen molar-refractivity contribution in [1.82, 2.24) is 10.6 Å². The molecule has 0 saturated carbocycles. The predicted molar refractivity (Wildman–Crippen MR) is 125 cm³/mol. The van der Waals surface area contributed by atoms with Crippen LogP contribution < -0.4 is 10.6 Å². The van der Waals surface area contributed by atoms with Gasteiger partial charge in [-0.1, -0.05) is 61.4 Å². The summed E-state index contributed by atoms with van der Waals surface area (Å²) in [5.74, 6) is -0.623. The van der Waals surface area contributed by atoms with Gasteiger partial charge in [0, 0.05) is 18.6 Å². The minimum Gasteiger partial charge on any atom is -0.479 e. The van der Waals surface area contributed by atoms with Crippen LogP contribution in [0.5, 0.6) is 0 Å². The number of nitrogens with one attached hydrogen (secondary N) is 2. The van der Waals surface area contributed by atoms with Gasteiger partial charge >= 0.3 is 5.97 Å². The van der Waals surface area contributed by atoms with Gasteiger partial charge in [0.1, 0.15) is 0 Å². The van der Waals surface area contributed by atoms with Gasteiger partial charge in [-0.05, 0) is 56.0 Å². The summed E-state index contributed by atoms with van der Waals surface area (Å²) < 4.78 is 6.04. The van der Waals surface area contributed by atoms with E-state index in [0.717, 1.165) is 43.8 Å². The Morgan fingerprint density at radius 1 is 1.00 bits per heavy atom. The monoisotopic (exact) mass is 438 g/mol. The van der Waals surface area contributed by atoms with Gasteiger partial charge in [0.15, 0.2) is 5.60 Å². The van der Waals surface area contributed by atoms with Gasteiger partial charge in [-0.15, -0.1) is 0 Å². The first-order valence-corrected chi connectivity index (χ1v) is 11.5. The summed E-state index contributed by atoms with van der Waals surface area (Å²) in [6, 6.07) is 18.2. The highest BCUT2D eigenvalue weighted by molar-refractivity contribution is 5.94. The summed E-state index contributed by atoms with van der Waals surface area (Å²) >= 11 is 0.